The molecule has 8 rings (SSSR count). The number of aryl methyl sites for hydroxylation is 1. The number of methoxy groups -OCH3 is 1. The van der Waals surface area contributed by atoms with Gasteiger partial charge in [-0.15, -0.1) is 11.3 Å². The van der Waals surface area contributed by atoms with E-state index in [-0.39, 0.29) is 31.1 Å². The van der Waals surface area contributed by atoms with Crippen LogP contribution in [0.1, 0.15) is 49.0 Å². The molecule has 0 saturated heterocycles. The van der Waals surface area contributed by atoms with Gasteiger partial charge in [-0.05, 0) is 61.6 Å². The van der Waals surface area contributed by atoms with Crippen LogP contribution in [0.4, 0.5) is 8.78 Å². The highest BCUT2D eigenvalue weighted by atomic mass is 32.1. The number of aromatic nitrogens is 5. The van der Waals surface area contributed by atoms with E-state index in [0.717, 1.165) is 38.3 Å². The summed E-state index contributed by atoms with van der Waals surface area (Å²) in [6.07, 6.45) is 4.71. The summed E-state index contributed by atoms with van der Waals surface area (Å²) in [7, 11) is 3.49. The maximum absolute atomic E-state index is 16.4. The summed E-state index contributed by atoms with van der Waals surface area (Å²) in [5, 5.41) is 13.3. The van der Waals surface area contributed by atoms with Crippen molar-refractivity contribution in [3.05, 3.63) is 108 Å². The summed E-state index contributed by atoms with van der Waals surface area (Å²) < 4.78 is 48.5. The first kappa shape index (κ1) is 33.0. The molecule has 0 saturated carbocycles. The molecule has 51 heavy (non-hydrogen) atoms. The number of rotatable bonds is 9. The van der Waals surface area contributed by atoms with E-state index in [4.69, 9.17) is 19.6 Å². The Hall–Kier alpha value is -5.20. The summed E-state index contributed by atoms with van der Waals surface area (Å²) >= 11 is 1.48. The van der Waals surface area contributed by atoms with Crippen LogP contribution in [0.5, 0.6) is 5.75 Å². The van der Waals surface area contributed by atoms with Crippen LogP contribution in [0.3, 0.4) is 0 Å². The van der Waals surface area contributed by atoms with Crippen molar-refractivity contribution >= 4 is 38.2 Å². The minimum absolute atomic E-state index is 0.175. The quantitative estimate of drug-likeness (QED) is 0.113. The normalized spacial score (nSPS) is 18.5. The molecular formula is C39H36F2N6O3S. The second kappa shape index (κ2) is 12.2. The number of amides is 1. The van der Waals surface area contributed by atoms with E-state index in [1.807, 2.05) is 55.2 Å². The molecule has 0 spiro atoms. The van der Waals surface area contributed by atoms with E-state index in [0.29, 0.717) is 52.6 Å². The van der Waals surface area contributed by atoms with Crippen molar-refractivity contribution < 1.29 is 23.0 Å². The van der Waals surface area contributed by atoms with Crippen LogP contribution in [0.15, 0.2) is 73.3 Å². The Bertz CT molecular complexity index is 2410. The zero-order valence-electron chi connectivity index (χ0n) is 28.7. The number of halogens is 2. The number of hydrogen-bond donors (Lipinski definition) is 0. The Morgan fingerprint density at radius 3 is 2.76 bits per heavy atom. The van der Waals surface area contributed by atoms with Gasteiger partial charge in [0.2, 0.25) is 5.91 Å². The first-order valence-electron chi connectivity index (χ1n) is 16.8. The van der Waals surface area contributed by atoms with Gasteiger partial charge in [0.15, 0.2) is 0 Å². The molecule has 1 aliphatic carbocycles. The van der Waals surface area contributed by atoms with E-state index in [2.05, 4.69) is 18.3 Å². The van der Waals surface area contributed by atoms with Crippen molar-refractivity contribution in [1.29, 1.82) is 0 Å². The third-order valence-electron chi connectivity index (χ3n) is 10.4. The van der Waals surface area contributed by atoms with Crippen molar-refractivity contribution in [3.63, 3.8) is 0 Å². The third kappa shape index (κ3) is 4.87. The lowest BCUT2D eigenvalue weighted by molar-refractivity contribution is -0.129. The second-order valence-electron chi connectivity index (χ2n) is 13.2. The predicted molar refractivity (Wildman–Crippen MR) is 194 cm³/mol. The van der Waals surface area contributed by atoms with E-state index >= 15 is 8.78 Å². The molecule has 0 radical (unpaired) electrons. The van der Waals surface area contributed by atoms with Gasteiger partial charge in [-0.25, -0.2) is 13.8 Å². The highest BCUT2D eigenvalue weighted by molar-refractivity contribution is 7.18. The average Bonchev–Trinajstić information content (AvgIpc) is 3.91. The van der Waals surface area contributed by atoms with Gasteiger partial charge in [-0.3, -0.25) is 14.2 Å². The smallest absolute Gasteiger partial charge is 0.246 e. The monoisotopic (exact) mass is 706 g/mol. The predicted octanol–water partition coefficient (Wildman–Crippen LogP) is 7.72. The SMILES string of the molecule is C=CCOc1cc2c(cnn2C)cc1-c1nc2c(c3sccc13)-c1c(F)cc(F)cc1C2(C[C@H](C)OC)c1cc2n(n1)CCN(C(=O)C=C)[C@H]2C. The van der Waals surface area contributed by atoms with E-state index in [1.165, 1.54) is 23.5 Å². The van der Waals surface area contributed by atoms with Gasteiger partial charge in [0.25, 0.3) is 0 Å². The topological polar surface area (TPSA) is 87.3 Å². The van der Waals surface area contributed by atoms with Crippen molar-refractivity contribution in [2.45, 2.75) is 44.4 Å². The molecule has 0 fully saturated rings. The summed E-state index contributed by atoms with van der Waals surface area (Å²) in [5.41, 5.74) is 4.31. The van der Waals surface area contributed by atoms with Gasteiger partial charge in [-0.1, -0.05) is 19.2 Å². The number of ether oxygens (including phenoxy) is 2. The first-order valence-corrected chi connectivity index (χ1v) is 17.6. The molecule has 4 aromatic heterocycles. The lowest BCUT2D eigenvalue weighted by Crippen LogP contribution is -2.40. The summed E-state index contributed by atoms with van der Waals surface area (Å²) in [5.74, 6) is -0.952. The van der Waals surface area contributed by atoms with Gasteiger partial charge < -0.3 is 14.4 Å². The molecule has 2 aliphatic rings. The Balaban J connectivity index is 1.47. The van der Waals surface area contributed by atoms with Crippen LogP contribution in [-0.2, 0) is 28.5 Å². The molecular weight excluding hydrogens is 671 g/mol. The largest absolute Gasteiger partial charge is 0.489 e. The van der Waals surface area contributed by atoms with Crippen molar-refractivity contribution in [2.75, 3.05) is 20.3 Å². The van der Waals surface area contributed by atoms with E-state index in [9.17, 15) is 4.79 Å². The number of carbonyl (C=O) groups excluding carboxylic acids is 1. The number of hydrogen-bond acceptors (Lipinski definition) is 7. The summed E-state index contributed by atoms with van der Waals surface area (Å²) in [4.78, 5) is 20.0. The summed E-state index contributed by atoms with van der Waals surface area (Å²) in [6, 6.07) is 9.92. The zero-order chi connectivity index (χ0) is 35.8. The maximum atomic E-state index is 16.4. The molecule has 2 aromatic carbocycles. The minimum Gasteiger partial charge on any atom is -0.489 e. The lowest BCUT2D eigenvalue weighted by atomic mass is 9.73. The van der Waals surface area contributed by atoms with Crippen molar-refractivity contribution in [1.82, 2.24) is 29.4 Å². The molecule has 260 valence electrons. The van der Waals surface area contributed by atoms with Crippen LogP contribution in [0.2, 0.25) is 0 Å². The number of nitrogens with zero attached hydrogens (tertiary/aromatic N) is 6. The summed E-state index contributed by atoms with van der Waals surface area (Å²) in [6.45, 7) is 12.6. The molecule has 0 N–H and O–H groups in total. The van der Waals surface area contributed by atoms with Crippen molar-refractivity contribution in [2.24, 2.45) is 7.05 Å². The van der Waals surface area contributed by atoms with Crippen LogP contribution < -0.4 is 4.74 Å². The molecule has 12 heteroatoms. The highest BCUT2D eigenvalue weighted by Crippen LogP contribution is 2.59. The van der Waals surface area contributed by atoms with E-state index < -0.39 is 17.0 Å². The van der Waals surface area contributed by atoms with E-state index in [1.54, 1.807) is 29.0 Å². The number of fused-ring (bicyclic) bond motifs is 7. The van der Waals surface area contributed by atoms with Gasteiger partial charge in [0, 0.05) is 65.0 Å². The zero-order valence-corrected chi connectivity index (χ0v) is 29.6. The third-order valence-corrected chi connectivity index (χ3v) is 11.3. The number of carbonyl (C=O) groups is 1. The fourth-order valence-electron chi connectivity index (χ4n) is 7.91. The molecule has 1 unspecified atom stereocenters. The minimum atomic E-state index is -1.23. The number of thiophene rings is 1. The van der Waals surface area contributed by atoms with Gasteiger partial charge in [-0.2, -0.15) is 10.2 Å². The van der Waals surface area contributed by atoms with Crippen LogP contribution in [0.25, 0.3) is 43.4 Å². The molecule has 1 amide bonds. The molecule has 3 atom stereocenters. The number of benzene rings is 2. The first-order chi connectivity index (χ1) is 24.6. The fourth-order valence-corrected chi connectivity index (χ4v) is 8.86. The van der Waals surface area contributed by atoms with Crippen LogP contribution in [0, 0.1) is 11.6 Å². The van der Waals surface area contributed by atoms with Crippen molar-refractivity contribution in [3.8, 4) is 28.1 Å². The standard InChI is InChI=1S/C39H36F2N6O3S/c1-7-12-50-31-17-30-23(20-42-45(30)5)14-26(31)36-25-9-13-51-37(25)35-34-27(15-24(40)16-28(34)41)39(38(35)43-36,19-21(3)49-6)32-18-29-22(4)46(33(48)8-2)10-11-47(29)44-32/h7-9,13-18,20-22H,1-2,10-12,19H2,3-6H3/t21-,22-,39?/m0/s1. The Kier molecular flexibility index (Phi) is 7.91. The Labute approximate surface area is 297 Å². The Morgan fingerprint density at radius 1 is 1.18 bits per heavy atom. The molecule has 1 aliphatic heterocycles. The van der Waals surface area contributed by atoms with Gasteiger partial charge >= 0.3 is 0 Å². The molecule has 9 nitrogen and oxygen atoms in total. The maximum Gasteiger partial charge on any atom is 0.246 e. The highest BCUT2D eigenvalue weighted by Gasteiger charge is 2.52. The Morgan fingerprint density at radius 2 is 2.00 bits per heavy atom. The molecule has 0 bridgehead atoms. The molecule has 5 heterocycles. The van der Waals surface area contributed by atoms with Crippen LogP contribution >= 0.6 is 11.3 Å². The second-order valence-corrected chi connectivity index (χ2v) is 14.1. The molecule has 6 aromatic rings. The lowest BCUT2D eigenvalue weighted by Gasteiger charge is -2.33. The fraction of sp³-hybridized carbons (Fsp3) is 0.282. The van der Waals surface area contributed by atoms with Gasteiger partial charge in [0.05, 0.1) is 58.6 Å². The number of pyridine rings is 1. The average molecular weight is 707 g/mol. The van der Waals surface area contributed by atoms with Crippen LogP contribution in [-0.4, -0.2) is 61.7 Å². The van der Waals surface area contributed by atoms with Gasteiger partial charge in [0.1, 0.15) is 24.0 Å².